The van der Waals surface area contributed by atoms with Gasteiger partial charge in [-0.1, -0.05) is 26.7 Å². The predicted molar refractivity (Wildman–Crippen MR) is 83.2 cm³/mol. The lowest BCUT2D eigenvalue weighted by atomic mass is 9.43. The first kappa shape index (κ1) is 14.9. The van der Waals surface area contributed by atoms with E-state index in [-0.39, 0.29) is 16.6 Å². The number of carbonyl (C=O) groups excluding carboxylic acids is 2. The summed E-state index contributed by atoms with van der Waals surface area (Å²) >= 11 is 0. The number of carbonyl (C=O) groups is 2. The van der Waals surface area contributed by atoms with Crippen molar-refractivity contribution in [3.63, 3.8) is 0 Å². The van der Waals surface area contributed by atoms with Gasteiger partial charge in [0.05, 0.1) is 0 Å². The molecule has 4 rings (SSSR count). The molecular weight excluding hydrogens is 276 g/mol. The number of fused-ring (bicyclic) bond motifs is 5. The molecule has 1 N–H and O–H groups in total. The van der Waals surface area contributed by atoms with Gasteiger partial charge in [0.25, 0.3) is 0 Å². The van der Waals surface area contributed by atoms with E-state index in [2.05, 4.69) is 13.8 Å². The summed E-state index contributed by atoms with van der Waals surface area (Å²) in [6.07, 6.45) is 7.82. The Morgan fingerprint density at radius 3 is 2.45 bits per heavy atom. The highest BCUT2D eigenvalue weighted by Gasteiger charge is 2.66. The molecule has 0 saturated heterocycles. The minimum Gasteiger partial charge on any atom is -0.381 e. The van der Waals surface area contributed by atoms with Crippen molar-refractivity contribution in [1.29, 1.82) is 0 Å². The standard InChI is InChI=1S/C19H28O3/c1-17-10-7-14-12(13(17)5-6-15(17)20)11-16(21)19(22)9-4-3-8-18(14,19)2/h12-14,22H,3-11H2,1-2H3/t12-,13-,14-,17-,18+,19-/m0/s1. The molecule has 0 aliphatic heterocycles. The highest BCUT2D eigenvalue weighted by atomic mass is 16.3. The molecule has 0 aromatic heterocycles. The molecule has 0 unspecified atom stereocenters. The Labute approximate surface area is 132 Å². The summed E-state index contributed by atoms with van der Waals surface area (Å²) in [4.78, 5) is 25.2. The van der Waals surface area contributed by atoms with E-state index in [4.69, 9.17) is 0 Å². The van der Waals surface area contributed by atoms with Crippen LogP contribution < -0.4 is 0 Å². The second-order valence-corrected chi connectivity index (χ2v) is 8.91. The number of hydrogen-bond donors (Lipinski definition) is 1. The third-order valence-corrected chi connectivity index (χ3v) is 8.28. The van der Waals surface area contributed by atoms with Crippen LogP contribution in [-0.4, -0.2) is 22.3 Å². The van der Waals surface area contributed by atoms with E-state index in [0.29, 0.717) is 42.8 Å². The number of ketones is 2. The van der Waals surface area contributed by atoms with Crippen LogP contribution in [0.5, 0.6) is 0 Å². The van der Waals surface area contributed by atoms with Crippen molar-refractivity contribution in [1.82, 2.24) is 0 Å². The quantitative estimate of drug-likeness (QED) is 0.747. The Morgan fingerprint density at radius 2 is 1.68 bits per heavy atom. The zero-order valence-corrected chi connectivity index (χ0v) is 13.9. The summed E-state index contributed by atoms with van der Waals surface area (Å²) in [7, 11) is 0. The molecule has 3 nitrogen and oxygen atoms in total. The zero-order chi connectivity index (χ0) is 15.8. The number of Topliss-reactive ketones (excluding diaryl/α,β-unsaturated/α-hetero) is 2. The Kier molecular flexibility index (Phi) is 3.00. The summed E-state index contributed by atoms with van der Waals surface area (Å²) in [6, 6.07) is 0. The maximum atomic E-state index is 12.8. The van der Waals surface area contributed by atoms with Crippen LogP contribution >= 0.6 is 0 Å². The normalized spacial score (nSPS) is 54.6. The first-order valence-electron chi connectivity index (χ1n) is 9.12. The second-order valence-electron chi connectivity index (χ2n) is 8.91. The van der Waals surface area contributed by atoms with Gasteiger partial charge in [-0.15, -0.1) is 0 Å². The molecule has 4 aliphatic rings. The molecule has 0 heterocycles. The Balaban J connectivity index is 1.75. The average molecular weight is 304 g/mol. The molecule has 122 valence electrons. The van der Waals surface area contributed by atoms with E-state index in [9.17, 15) is 14.7 Å². The lowest BCUT2D eigenvalue weighted by Crippen LogP contribution is -2.65. The molecule has 22 heavy (non-hydrogen) atoms. The SMILES string of the molecule is C[C@]12CC[C@H]3[C@@H](CC(=O)[C@@]4(O)CCCC[C@]34C)[C@@H]1CCC2=O. The molecule has 0 bridgehead atoms. The van der Waals surface area contributed by atoms with Gasteiger partial charge in [0.1, 0.15) is 11.4 Å². The molecule has 0 aromatic carbocycles. The molecule has 4 saturated carbocycles. The van der Waals surface area contributed by atoms with E-state index in [0.717, 1.165) is 38.5 Å². The van der Waals surface area contributed by atoms with Gasteiger partial charge < -0.3 is 5.11 Å². The minimum atomic E-state index is -1.09. The highest BCUT2D eigenvalue weighted by molar-refractivity contribution is 5.91. The van der Waals surface area contributed by atoms with Crippen LogP contribution in [0.2, 0.25) is 0 Å². The summed E-state index contributed by atoms with van der Waals surface area (Å²) < 4.78 is 0. The highest BCUT2D eigenvalue weighted by Crippen LogP contribution is 2.65. The van der Waals surface area contributed by atoms with Crippen molar-refractivity contribution in [2.45, 2.75) is 77.2 Å². The van der Waals surface area contributed by atoms with Crippen LogP contribution in [0.15, 0.2) is 0 Å². The topological polar surface area (TPSA) is 54.4 Å². The van der Waals surface area contributed by atoms with Crippen LogP contribution in [0.1, 0.15) is 71.6 Å². The maximum Gasteiger partial charge on any atom is 0.165 e. The molecule has 0 aromatic rings. The van der Waals surface area contributed by atoms with Gasteiger partial charge in [0.2, 0.25) is 0 Å². The van der Waals surface area contributed by atoms with Gasteiger partial charge in [0, 0.05) is 23.7 Å². The lowest BCUT2D eigenvalue weighted by Gasteiger charge is -2.61. The van der Waals surface area contributed by atoms with Gasteiger partial charge >= 0.3 is 0 Å². The molecule has 0 amide bonds. The van der Waals surface area contributed by atoms with E-state index >= 15 is 0 Å². The molecule has 0 spiro atoms. The third-order valence-electron chi connectivity index (χ3n) is 8.28. The van der Waals surface area contributed by atoms with Crippen LogP contribution in [0.4, 0.5) is 0 Å². The summed E-state index contributed by atoms with van der Waals surface area (Å²) in [6.45, 7) is 4.30. The fraction of sp³-hybridized carbons (Fsp3) is 0.895. The minimum absolute atomic E-state index is 0.0690. The maximum absolute atomic E-state index is 12.8. The van der Waals surface area contributed by atoms with E-state index in [1.54, 1.807) is 0 Å². The van der Waals surface area contributed by atoms with Crippen LogP contribution in [0.3, 0.4) is 0 Å². The number of aliphatic hydroxyl groups is 1. The number of hydrogen-bond acceptors (Lipinski definition) is 3. The molecular formula is C19H28O3. The second kappa shape index (κ2) is 4.43. The van der Waals surface area contributed by atoms with Crippen molar-refractivity contribution < 1.29 is 14.7 Å². The van der Waals surface area contributed by atoms with E-state index < -0.39 is 5.60 Å². The van der Waals surface area contributed by atoms with Crippen molar-refractivity contribution in [2.24, 2.45) is 28.6 Å². The average Bonchev–Trinajstić information content (AvgIpc) is 2.78. The van der Waals surface area contributed by atoms with Crippen molar-refractivity contribution in [3.8, 4) is 0 Å². The lowest BCUT2D eigenvalue weighted by molar-refractivity contribution is -0.201. The summed E-state index contributed by atoms with van der Waals surface area (Å²) in [5.41, 5.74) is -1.55. The van der Waals surface area contributed by atoms with E-state index in [1.165, 1.54) is 0 Å². The number of rotatable bonds is 0. The first-order chi connectivity index (χ1) is 10.3. The van der Waals surface area contributed by atoms with E-state index in [1.807, 2.05) is 0 Å². The molecule has 0 radical (unpaired) electrons. The van der Waals surface area contributed by atoms with Gasteiger partial charge in [0.15, 0.2) is 5.78 Å². The Hall–Kier alpha value is -0.700. The largest absolute Gasteiger partial charge is 0.381 e. The molecule has 4 aliphatic carbocycles. The van der Waals surface area contributed by atoms with Crippen LogP contribution in [-0.2, 0) is 9.59 Å². The van der Waals surface area contributed by atoms with Gasteiger partial charge in [-0.3, -0.25) is 9.59 Å². The van der Waals surface area contributed by atoms with Gasteiger partial charge in [-0.05, 0) is 49.9 Å². The Bertz CT molecular complexity index is 541. The third kappa shape index (κ3) is 1.56. The first-order valence-corrected chi connectivity index (χ1v) is 9.12. The van der Waals surface area contributed by atoms with Gasteiger partial charge in [-0.25, -0.2) is 0 Å². The van der Waals surface area contributed by atoms with Crippen molar-refractivity contribution in [3.05, 3.63) is 0 Å². The van der Waals surface area contributed by atoms with Crippen LogP contribution in [0.25, 0.3) is 0 Å². The van der Waals surface area contributed by atoms with Crippen LogP contribution in [0, 0.1) is 28.6 Å². The Morgan fingerprint density at radius 1 is 0.955 bits per heavy atom. The van der Waals surface area contributed by atoms with Crippen molar-refractivity contribution >= 4 is 11.6 Å². The van der Waals surface area contributed by atoms with Crippen molar-refractivity contribution in [2.75, 3.05) is 0 Å². The predicted octanol–water partition coefficient (Wildman–Crippen LogP) is 3.28. The monoisotopic (exact) mass is 304 g/mol. The summed E-state index contributed by atoms with van der Waals surface area (Å²) in [5, 5.41) is 11.2. The van der Waals surface area contributed by atoms with Gasteiger partial charge in [-0.2, -0.15) is 0 Å². The molecule has 6 atom stereocenters. The zero-order valence-electron chi connectivity index (χ0n) is 13.9. The molecule has 3 heteroatoms. The fourth-order valence-corrected chi connectivity index (χ4v) is 6.83. The molecule has 4 fully saturated rings. The fourth-order valence-electron chi connectivity index (χ4n) is 6.83. The smallest absolute Gasteiger partial charge is 0.165 e. The summed E-state index contributed by atoms with van der Waals surface area (Å²) in [5.74, 6) is 1.59.